The third-order valence-electron chi connectivity index (χ3n) is 3.86. The molecule has 0 bridgehead atoms. The van der Waals surface area contributed by atoms with Crippen molar-refractivity contribution in [2.24, 2.45) is 5.41 Å². The number of hydrogen-bond acceptors (Lipinski definition) is 4. The lowest BCUT2D eigenvalue weighted by molar-refractivity contribution is -0.129. The average Bonchev–Trinajstić information content (AvgIpc) is 2.41. The minimum absolute atomic E-state index is 0.0344. The molecule has 0 aromatic heterocycles. The molecule has 0 radical (unpaired) electrons. The van der Waals surface area contributed by atoms with Gasteiger partial charge in [0, 0.05) is 5.54 Å². The zero-order valence-corrected chi connectivity index (χ0v) is 16.6. The molecule has 1 atom stereocenters. The van der Waals surface area contributed by atoms with Gasteiger partial charge in [0.25, 0.3) is 5.91 Å². The highest BCUT2D eigenvalue weighted by Gasteiger charge is 2.37. The second-order valence-electron chi connectivity index (χ2n) is 8.48. The van der Waals surface area contributed by atoms with Crippen molar-refractivity contribution in [2.75, 3.05) is 17.1 Å². The standard InChI is InChI=1S/C18H28N2O4S/c1-17(2,3)12-18(4,5)19-16(21)15-11-20(25(6,22)23)13-9-7-8-10-14(13)24-15/h7-10,15H,11-12H2,1-6H3,(H,19,21)/t15-/m1/s1. The van der Waals surface area contributed by atoms with Crippen LogP contribution in [0.1, 0.15) is 41.0 Å². The molecule has 1 aliphatic heterocycles. The van der Waals surface area contributed by atoms with Crippen LogP contribution in [0.15, 0.2) is 24.3 Å². The lowest BCUT2D eigenvalue weighted by Crippen LogP contribution is -2.55. The Morgan fingerprint density at radius 2 is 1.84 bits per heavy atom. The van der Waals surface area contributed by atoms with Crippen LogP contribution in [0.2, 0.25) is 0 Å². The van der Waals surface area contributed by atoms with Crippen LogP contribution in [0.5, 0.6) is 5.75 Å². The maximum absolute atomic E-state index is 12.7. The minimum atomic E-state index is -3.50. The number of carbonyl (C=O) groups excluding carboxylic acids is 1. The molecule has 1 amide bonds. The zero-order chi connectivity index (χ0) is 19.0. The van der Waals surface area contributed by atoms with Crippen LogP contribution in [0, 0.1) is 5.41 Å². The van der Waals surface area contributed by atoms with Crippen molar-refractivity contribution >= 4 is 21.6 Å². The lowest BCUT2D eigenvalue weighted by Gasteiger charge is -2.37. The van der Waals surface area contributed by atoms with Crippen molar-refractivity contribution in [3.8, 4) is 5.75 Å². The van der Waals surface area contributed by atoms with E-state index in [1.807, 2.05) is 13.8 Å². The molecule has 0 saturated heterocycles. The number of benzene rings is 1. The van der Waals surface area contributed by atoms with Crippen LogP contribution in [0.3, 0.4) is 0 Å². The van der Waals surface area contributed by atoms with Gasteiger partial charge in [-0.2, -0.15) is 0 Å². The molecule has 0 spiro atoms. The number of sulfonamides is 1. The second-order valence-corrected chi connectivity index (χ2v) is 10.4. The maximum Gasteiger partial charge on any atom is 0.263 e. The monoisotopic (exact) mass is 368 g/mol. The number of ether oxygens (including phenoxy) is 1. The Balaban J connectivity index is 2.22. The first-order valence-electron chi connectivity index (χ1n) is 8.34. The summed E-state index contributed by atoms with van der Waals surface area (Å²) in [6.45, 7) is 10.2. The molecule has 2 rings (SSSR count). The molecule has 1 aromatic rings. The predicted octanol–water partition coefficient (Wildman–Crippen LogP) is 2.54. The molecule has 0 unspecified atom stereocenters. The number of fused-ring (bicyclic) bond motifs is 1. The largest absolute Gasteiger partial charge is 0.476 e. The van der Waals surface area contributed by atoms with Gasteiger partial charge in [-0.15, -0.1) is 0 Å². The number of anilines is 1. The molecular formula is C18H28N2O4S. The molecule has 25 heavy (non-hydrogen) atoms. The van der Waals surface area contributed by atoms with Crippen molar-refractivity contribution in [1.29, 1.82) is 0 Å². The number of para-hydroxylation sites is 2. The van der Waals surface area contributed by atoms with Gasteiger partial charge in [0.2, 0.25) is 10.0 Å². The molecule has 1 aliphatic rings. The van der Waals surface area contributed by atoms with E-state index in [0.29, 0.717) is 11.4 Å². The van der Waals surface area contributed by atoms with Crippen LogP contribution in [0.4, 0.5) is 5.69 Å². The highest BCUT2D eigenvalue weighted by Crippen LogP contribution is 2.35. The summed E-state index contributed by atoms with van der Waals surface area (Å²) < 4.78 is 31.3. The molecule has 0 aliphatic carbocycles. The summed E-state index contributed by atoms with van der Waals surface area (Å²) in [5, 5.41) is 3.00. The summed E-state index contributed by atoms with van der Waals surface area (Å²) >= 11 is 0. The van der Waals surface area contributed by atoms with Crippen molar-refractivity contribution in [1.82, 2.24) is 5.32 Å². The SMILES string of the molecule is CC(C)(C)CC(C)(C)NC(=O)[C@H]1CN(S(C)(=O)=O)c2ccccc2O1. The van der Waals surface area contributed by atoms with E-state index in [9.17, 15) is 13.2 Å². The van der Waals surface area contributed by atoms with E-state index in [1.54, 1.807) is 24.3 Å². The Morgan fingerprint density at radius 3 is 2.40 bits per heavy atom. The molecule has 140 valence electrons. The normalized spacial score (nSPS) is 18.3. The van der Waals surface area contributed by atoms with Gasteiger partial charge >= 0.3 is 0 Å². The van der Waals surface area contributed by atoms with E-state index in [1.165, 1.54) is 4.31 Å². The number of nitrogens with one attached hydrogen (secondary N) is 1. The number of amides is 1. The maximum atomic E-state index is 12.7. The lowest BCUT2D eigenvalue weighted by atomic mass is 9.81. The Kier molecular flexibility index (Phi) is 5.10. The minimum Gasteiger partial charge on any atom is -0.476 e. The fourth-order valence-corrected chi connectivity index (χ4v) is 4.35. The number of hydrogen-bond donors (Lipinski definition) is 1. The van der Waals surface area contributed by atoms with Gasteiger partial charge < -0.3 is 10.1 Å². The number of carbonyl (C=O) groups is 1. The highest BCUT2D eigenvalue weighted by molar-refractivity contribution is 7.92. The van der Waals surface area contributed by atoms with E-state index in [2.05, 4.69) is 26.1 Å². The van der Waals surface area contributed by atoms with Gasteiger partial charge in [-0.05, 0) is 37.8 Å². The quantitative estimate of drug-likeness (QED) is 0.886. The first kappa shape index (κ1) is 19.6. The topological polar surface area (TPSA) is 75.7 Å². The van der Waals surface area contributed by atoms with Crippen molar-refractivity contribution < 1.29 is 17.9 Å². The Morgan fingerprint density at radius 1 is 1.24 bits per heavy atom. The van der Waals surface area contributed by atoms with Gasteiger partial charge in [0.1, 0.15) is 5.75 Å². The van der Waals surface area contributed by atoms with E-state index in [-0.39, 0.29) is 17.9 Å². The number of rotatable bonds is 4. The van der Waals surface area contributed by atoms with E-state index >= 15 is 0 Å². The van der Waals surface area contributed by atoms with Gasteiger partial charge in [-0.1, -0.05) is 32.9 Å². The van der Waals surface area contributed by atoms with Gasteiger partial charge in [0.05, 0.1) is 18.5 Å². The van der Waals surface area contributed by atoms with E-state index < -0.39 is 21.7 Å². The van der Waals surface area contributed by atoms with Gasteiger partial charge in [0.15, 0.2) is 6.10 Å². The summed E-state index contributed by atoms with van der Waals surface area (Å²) in [4.78, 5) is 12.7. The van der Waals surface area contributed by atoms with Crippen molar-refractivity contribution in [3.63, 3.8) is 0 Å². The molecule has 0 fully saturated rings. The molecule has 0 saturated carbocycles. The predicted molar refractivity (Wildman–Crippen MR) is 99.3 cm³/mol. The summed E-state index contributed by atoms with van der Waals surface area (Å²) in [6.07, 6.45) is 1.03. The molecule has 7 heteroatoms. The van der Waals surface area contributed by atoms with Crippen LogP contribution < -0.4 is 14.4 Å². The third kappa shape index (κ3) is 5.11. The van der Waals surface area contributed by atoms with Crippen molar-refractivity contribution in [3.05, 3.63) is 24.3 Å². The first-order chi connectivity index (χ1) is 11.3. The van der Waals surface area contributed by atoms with Crippen molar-refractivity contribution in [2.45, 2.75) is 52.7 Å². The summed E-state index contributed by atoms with van der Waals surface area (Å²) in [5.41, 5.74) is 0.0873. The molecule has 1 aromatic carbocycles. The second kappa shape index (κ2) is 6.52. The van der Waals surface area contributed by atoms with Crippen LogP contribution in [0.25, 0.3) is 0 Å². The van der Waals surface area contributed by atoms with Crippen LogP contribution >= 0.6 is 0 Å². The summed E-state index contributed by atoms with van der Waals surface area (Å²) in [7, 11) is -3.50. The fraction of sp³-hybridized carbons (Fsp3) is 0.611. The first-order valence-corrected chi connectivity index (χ1v) is 10.2. The average molecular weight is 368 g/mol. The zero-order valence-electron chi connectivity index (χ0n) is 15.8. The molecule has 6 nitrogen and oxygen atoms in total. The highest BCUT2D eigenvalue weighted by atomic mass is 32.2. The summed E-state index contributed by atoms with van der Waals surface area (Å²) in [5.74, 6) is 0.0883. The molecular weight excluding hydrogens is 340 g/mol. The Bertz CT molecular complexity index is 751. The smallest absolute Gasteiger partial charge is 0.263 e. The molecule has 1 N–H and O–H groups in total. The van der Waals surface area contributed by atoms with Gasteiger partial charge in [-0.3, -0.25) is 9.10 Å². The summed E-state index contributed by atoms with van der Waals surface area (Å²) in [6, 6.07) is 6.84. The van der Waals surface area contributed by atoms with E-state index in [4.69, 9.17) is 4.74 Å². The molecule has 1 heterocycles. The van der Waals surface area contributed by atoms with Crippen LogP contribution in [-0.2, 0) is 14.8 Å². The number of nitrogens with zero attached hydrogens (tertiary/aromatic N) is 1. The van der Waals surface area contributed by atoms with E-state index in [0.717, 1.165) is 12.7 Å². The Labute approximate surface area is 150 Å². The third-order valence-corrected chi connectivity index (χ3v) is 5.01. The fourth-order valence-electron chi connectivity index (χ4n) is 3.44. The Hall–Kier alpha value is -1.76. The van der Waals surface area contributed by atoms with Gasteiger partial charge in [-0.25, -0.2) is 8.42 Å². The van der Waals surface area contributed by atoms with Crippen LogP contribution in [-0.4, -0.2) is 38.8 Å².